The third-order valence-corrected chi connectivity index (χ3v) is 6.53. The van der Waals surface area contributed by atoms with Gasteiger partial charge in [0.15, 0.2) is 0 Å². The van der Waals surface area contributed by atoms with Crippen LogP contribution in [0.15, 0.2) is 47.5 Å². The van der Waals surface area contributed by atoms with Crippen LogP contribution in [-0.4, -0.2) is 57.7 Å². The predicted molar refractivity (Wildman–Crippen MR) is 102 cm³/mol. The van der Waals surface area contributed by atoms with Gasteiger partial charge < -0.3 is 4.74 Å². The molecule has 0 radical (unpaired) electrons. The summed E-state index contributed by atoms with van der Waals surface area (Å²) in [6.07, 6.45) is 1.31. The van der Waals surface area contributed by atoms with Crippen molar-refractivity contribution in [1.29, 1.82) is 0 Å². The highest BCUT2D eigenvalue weighted by atomic mass is 35.5. The Balaban J connectivity index is 1.89. The number of morpholine rings is 1. The normalized spacial score (nSPS) is 15.8. The van der Waals surface area contributed by atoms with Gasteiger partial charge in [0.1, 0.15) is 10.0 Å². The summed E-state index contributed by atoms with van der Waals surface area (Å²) in [5, 5.41) is 0.309. The molecule has 0 amide bonds. The van der Waals surface area contributed by atoms with Crippen LogP contribution in [0.1, 0.15) is 5.56 Å². The van der Waals surface area contributed by atoms with Crippen LogP contribution in [0.5, 0.6) is 0 Å². The third-order valence-electron chi connectivity index (χ3n) is 4.34. The van der Waals surface area contributed by atoms with Crippen molar-refractivity contribution < 1.29 is 13.2 Å². The Morgan fingerprint density at radius 2 is 1.92 bits per heavy atom. The Labute approximate surface area is 159 Å². The minimum atomic E-state index is -3.74. The number of aromatic nitrogens is 1. The van der Waals surface area contributed by atoms with Gasteiger partial charge in [-0.1, -0.05) is 29.8 Å². The van der Waals surface area contributed by atoms with Crippen LogP contribution in [0.3, 0.4) is 0 Å². The minimum absolute atomic E-state index is 0.144. The minimum Gasteiger partial charge on any atom is -0.379 e. The largest absolute Gasteiger partial charge is 0.379 e. The number of nitrogens with zero attached hydrogens (tertiary/aromatic N) is 3. The molecule has 1 saturated heterocycles. The summed E-state index contributed by atoms with van der Waals surface area (Å²) in [5.74, 6) is 0. The highest BCUT2D eigenvalue weighted by Crippen LogP contribution is 2.25. The molecule has 2 heterocycles. The van der Waals surface area contributed by atoms with Crippen molar-refractivity contribution in [2.45, 2.75) is 11.8 Å². The third kappa shape index (κ3) is 4.35. The summed E-state index contributed by atoms with van der Waals surface area (Å²) >= 11 is 5.95. The molecule has 1 aliphatic rings. The molecular formula is C18H22ClN3O3S. The molecule has 6 nitrogen and oxygen atoms in total. The second kappa shape index (κ2) is 8.35. The summed E-state index contributed by atoms with van der Waals surface area (Å²) < 4.78 is 33.3. The van der Waals surface area contributed by atoms with E-state index in [2.05, 4.69) is 9.88 Å². The summed E-state index contributed by atoms with van der Waals surface area (Å²) in [6, 6.07) is 10.7. The molecule has 0 N–H and O–H groups in total. The second-order valence-electron chi connectivity index (χ2n) is 6.15. The van der Waals surface area contributed by atoms with Crippen molar-refractivity contribution in [1.82, 2.24) is 9.88 Å². The lowest BCUT2D eigenvalue weighted by atomic mass is 10.3. The van der Waals surface area contributed by atoms with Gasteiger partial charge in [-0.05, 0) is 30.7 Å². The number of anilines is 1. The molecule has 0 saturated carbocycles. The van der Waals surface area contributed by atoms with Crippen molar-refractivity contribution in [3.05, 3.63) is 53.3 Å². The monoisotopic (exact) mass is 395 g/mol. The molecule has 0 aliphatic carbocycles. The van der Waals surface area contributed by atoms with Crippen molar-refractivity contribution in [3.8, 4) is 0 Å². The fourth-order valence-electron chi connectivity index (χ4n) is 2.84. The van der Waals surface area contributed by atoms with Crippen molar-refractivity contribution in [2.24, 2.45) is 0 Å². The van der Waals surface area contributed by atoms with Crippen LogP contribution in [0.4, 0.5) is 5.69 Å². The summed E-state index contributed by atoms with van der Waals surface area (Å²) in [5.41, 5.74) is 1.27. The molecule has 0 spiro atoms. The lowest BCUT2D eigenvalue weighted by Gasteiger charge is -2.30. The molecule has 0 bridgehead atoms. The van der Waals surface area contributed by atoms with E-state index < -0.39 is 10.0 Å². The van der Waals surface area contributed by atoms with E-state index in [0.717, 1.165) is 13.1 Å². The van der Waals surface area contributed by atoms with E-state index in [1.54, 1.807) is 25.1 Å². The number of ether oxygens (including phenoxy) is 1. The first-order valence-corrected chi connectivity index (χ1v) is 10.3. The molecule has 26 heavy (non-hydrogen) atoms. The van der Waals surface area contributed by atoms with Crippen LogP contribution in [-0.2, 0) is 14.8 Å². The van der Waals surface area contributed by atoms with Gasteiger partial charge in [0.2, 0.25) is 0 Å². The Hall–Kier alpha value is -1.67. The number of aryl methyl sites for hydroxylation is 1. The maximum atomic E-state index is 13.3. The van der Waals surface area contributed by atoms with E-state index in [0.29, 0.717) is 42.7 Å². The summed E-state index contributed by atoms with van der Waals surface area (Å²) in [7, 11) is -3.74. The van der Waals surface area contributed by atoms with E-state index in [4.69, 9.17) is 16.3 Å². The SMILES string of the molecule is Cc1cc(S(=O)(=O)N(CCN2CCOCC2)c2ccccc2)cnc1Cl. The van der Waals surface area contributed by atoms with Crippen molar-refractivity contribution in [2.75, 3.05) is 43.7 Å². The molecule has 0 atom stereocenters. The number of halogens is 1. The molecule has 3 rings (SSSR count). The van der Waals surface area contributed by atoms with E-state index in [-0.39, 0.29) is 4.90 Å². The Morgan fingerprint density at radius 1 is 1.23 bits per heavy atom. The predicted octanol–water partition coefficient (Wildman–Crippen LogP) is 2.57. The quantitative estimate of drug-likeness (QED) is 0.703. The number of sulfonamides is 1. The maximum absolute atomic E-state index is 13.3. The van der Waals surface area contributed by atoms with Gasteiger partial charge in [-0.25, -0.2) is 13.4 Å². The number of hydrogen-bond donors (Lipinski definition) is 0. The molecule has 8 heteroatoms. The first-order valence-electron chi connectivity index (χ1n) is 8.48. The van der Waals surface area contributed by atoms with Gasteiger partial charge in [-0.2, -0.15) is 0 Å². The number of hydrogen-bond acceptors (Lipinski definition) is 5. The van der Waals surface area contributed by atoms with Gasteiger partial charge in [0.05, 0.1) is 18.9 Å². The topological polar surface area (TPSA) is 62.7 Å². The highest BCUT2D eigenvalue weighted by Gasteiger charge is 2.26. The van der Waals surface area contributed by atoms with Crippen molar-refractivity contribution >= 4 is 27.3 Å². The van der Waals surface area contributed by atoms with Crippen molar-refractivity contribution in [3.63, 3.8) is 0 Å². The highest BCUT2D eigenvalue weighted by molar-refractivity contribution is 7.92. The van der Waals surface area contributed by atoms with E-state index in [9.17, 15) is 8.42 Å². The van der Waals surface area contributed by atoms with Gasteiger partial charge in [0, 0.05) is 32.4 Å². The fraction of sp³-hybridized carbons (Fsp3) is 0.389. The van der Waals surface area contributed by atoms with E-state index >= 15 is 0 Å². The Morgan fingerprint density at radius 3 is 2.58 bits per heavy atom. The second-order valence-corrected chi connectivity index (χ2v) is 8.37. The first-order chi connectivity index (χ1) is 12.5. The van der Waals surface area contributed by atoms with Crippen LogP contribution >= 0.6 is 11.6 Å². The lowest BCUT2D eigenvalue weighted by molar-refractivity contribution is 0.0395. The molecule has 1 aromatic heterocycles. The smallest absolute Gasteiger partial charge is 0.265 e. The molecular weight excluding hydrogens is 374 g/mol. The van der Waals surface area contributed by atoms with Gasteiger partial charge >= 0.3 is 0 Å². The number of para-hydroxylation sites is 1. The average Bonchev–Trinajstić information content (AvgIpc) is 2.65. The van der Waals surface area contributed by atoms with Crippen LogP contribution in [0.2, 0.25) is 5.15 Å². The van der Waals surface area contributed by atoms with E-state index in [1.165, 1.54) is 10.5 Å². The van der Waals surface area contributed by atoms with Crippen LogP contribution in [0, 0.1) is 6.92 Å². The number of pyridine rings is 1. The van der Waals surface area contributed by atoms with Gasteiger partial charge in [0.25, 0.3) is 10.0 Å². The molecule has 140 valence electrons. The molecule has 1 aromatic carbocycles. The first kappa shape index (κ1) is 19.1. The van der Waals surface area contributed by atoms with Crippen LogP contribution in [0.25, 0.3) is 0 Å². The lowest BCUT2D eigenvalue weighted by Crippen LogP contribution is -2.43. The summed E-state index contributed by atoms with van der Waals surface area (Å²) in [6.45, 7) is 5.71. The standard InChI is InChI=1S/C18H22ClN3O3S/c1-15-13-17(14-20-18(15)19)26(23,24)22(16-5-3-2-4-6-16)8-7-21-9-11-25-12-10-21/h2-6,13-14H,7-12H2,1H3. The average molecular weight is 396 g/mol. The van der Waals surface area contributed by atoms with Gasteiger partial charge in [-0.15, -0.1) is 0 Å². The zero-order valence-electron chi connectivity index (χ0n) is 14.6. The zero-order valence-corrected chi connectivity index (χ0v) is 16.2. The Kier molecular flexibility index (Phi) is 6.13. The Bertz CT molecular complexity index is 840. The molecule has 2 aromatic rings. The van der Waals surface area contributed by atoms with Crippen LogP contribution < -0.4 is 4.31 Å². The number of benzene rings is 1. The maximum Gasteiger partial charge on any atom is 0.265 e. The molecule has 0 unspecified atom stereocenters. The van der Waals surface area contributed by atoms with Gasteiger partial charge in [-0.3, -0.25) is 9.21 Å². The zero-order chi connectivity index (χ0) is 18.6. The number of rotatable bonds is 6. The molecule has 1 aliphatic heterocycles. The van der Waals surface area contributed by atoms with E-state index in [1.807, 2.05) is 18.2 Å². The molecule has 1 fully saturated rings. The fourth-order valence-corrected chi connectivity index (χ4v) is 4.43. The summed E-state index contributed by atoms with van der Waals surface area (Å²) in [4.78, 5) is 6.36.